The van der Waals surface area contributed by atoms with E-state index in [1.807, 2.05) is 24.4 Å². The summed E-state index contributed by atoms with van der Waals surface area (Å²) in [5, 5.41) is 0. The Hall–Kier alpha value is -2.49. The molecule has 4 nitrogen and oxygen atoms in total. The van der Waals surface area contributed by atoms with Crippen molar-refractivity contribution in [1.82, 2.24) is 9.97 Å². The number of nitrogens with zero attached hydrogens (tertiary/aromatic N) is 1. The Labute approximate surface area is 156 Å². The lowest BCUT2D eigenvalue weighted by molar-refractivity contribution is 0.303. The van der Waals surface area contributed by atoms with Crippen LogP contribution in [0.15, 0.2) is 46.9 Å². The number of aromatic nitrogens is 2. The molecule has 2 aromatic heterocycles. The van der Waals surface area contributed by atoms with E-state index >= 15 is 0 Å². The average molecular weight is 351 g/mol. The van der Waals surface area contributed by atoms with Crippen LogP contribution in [-0.2, 0) is 11.2 Å². The van der Waals surface area contributed by atoms with Gasteiger partial charge in [-0.05, 0) is 49.6 Å². The Morgan fingerprint density at radius 1 is 1.19 bits per heavy atom. The predicted octanol–water partition coefficient (Wildman–Crippen LogP) is 5.54. The van der Waals surface area contributed by atoms with Gasteiger partial charge in [0, 0.05) is 23.7 Å². The zero-order valence-corrected chi connectivity index (χ0v) is 16.1. The third-order valence-corrected chi connectivity index (χ3v) is 4.84. The Morgan fingerprint density at radius 3 is 2.77 bits per heavy atom. The molecule has 26 heavy (non-hydrogen) atoms. The van der Waals surface area contributed by atoms with E-state index in [1.165, 1.54) is 43.4 Å². The van der Waals surface area contributed by atoms with E-state index in [1.54, 1.807) is 7.11 Å². The van der Waals surface area contributed by atoms with Gasteiger partial charge in [-0.2, -0.15) is 0 Å². The van der Waals surface area contributed by atoms with Crippen LogP contribution < -0.4 is 0 Å². The number of hydrogen-bond acceptors (Lipinski definition) is 2. The molecule has 0 unspecified atom stereocenters. The monoisotopic (exact) mass is 351 g/mol. The third-order valence-electron chi connectivity index (χ3n) is 4.84. The largest absolute Gasteiger partial charge is 0.494 e. The van der Waals surface area contributed by atoms with Crippen molar-refractivity contribution in [3.63, 3.8) is 0 Å². The van der Waals surface area contributed by atoms with E-state index in [0.29, 0.717) is 0 Å². The van der Waals surface area contributed by atoms with Crippen LogP contribution in [0.25, 0.3) is 6.08 Å². The number of methoxy groups -OCH3 is 1. The topological polar surface area (TPSA) is 53.2 Å². The van der Waals surface area contributed by atoms with Crippen LogP contribution in [0.2, 0.25) is 0 Å². The molecule has 0 aliphatic carbocycles. The molecule has 0 amide bonds. The fourth-order valence-electron chi connectivity index (χ4n) is 3.34. The van der Waals surface area contributed by atoms with Crippen LogP contribution in [0.4, 0.5) is 0 Å². The first kappa shape index (κ1) is 18.3. The van der Waals surface area contributed by atoms with Gasteiger partial charge in [0.15, 0.2) is 0 Å². The van der Waals surface area contributed by atoms with Gasteiger partial charge in [-0.1, -0.05) is 32.6 Å². The van der Waals surface area contributed by atoms with E-state index in [0.717, 1.165) is 35.0 Å². The minimum absolute atomic E-state index is 0.794. The van der Waals surface area contributed by atoms with E-state index in [9.17, 15) is 0 Å². The number of hydrogen-bond donors (Lipinski definition) is 2. The molecule has 0 aromatic carbocycles. The van der Waals surface area contributed by atoms with Crippen LogP contribution in [0, 0.1) is 6.92 Å². The molecular weight excluding hydrogens is 322 g/mol. The van der Waals surface area contributed by atoms with Crippen molar-refractivity contribution >= 4 is 11.8 Å². The fourth-order valence-corrected chi connectivity index (χ4v) is 3.34. The highest BCUT2D eigenvalue weighted by Gasteiger charge is 2.17. The zero-order valence-electron chi connectivity index (χ0n) is 16.1. The van der Waals surface area contributed by atoms with Gasteiger partial charge in [0.2, 0.25) is 0 Å². The van der Waals surface area contributed by atoms with Crippen molar-refractivity contribution in [3.8, 4) is 0 Å². The van der Waals surface area contributed by atoms with E-state index in [4.69, 9.17) is 9.73 Å². The van der Waals surface area contributed by atoms with Gasteiger partial charge in [-0.3, -0.25) is 0 Å². The molecule has 138 valence electrons. The van der Waals surface area contributed by atoms with Crippen molar-refractivity contribution in [2.24, 2.45) is 4.99 Å². The van der Waals surface area contributed by atoms with E-state index < -0.39 is 0 Å². The number of aliphatic imine (C=N–C) groups is 1. The van der Waals surface area contributed by atoms with Gasteiger partial charge in [-0.25, -0.2) is 4.99 Å². The number of unbranched alkanes of at least 4 members (excludes halogenated alkanes) is 4. The number of nitrogens with one attached hydrogen (secondary N) is 2. The Morgan fingerprint density at radius 2 is 2.04 bits per heavy atom. The Balaban J connectivity index is 1.71. The van der Waals surface area contributed by atoms with Gasteiger partial charge >= 0.3 is 0 Å². The first-order valence-electron chi connectivity index (χ1n) is 9.60. The maximum absolute atomic E-state index is 5.51. The van der Waals surface area contributed by atoms with Crippen molar-refractivity contribution in [3.05, 3.63) is 64.6 Å². The summed E-state index contributed by atoms with van der Waals surface area (Å²) in [4.78, 5) is 11.4. The molecule has 1 aliphatic rings. The number of H-pyrrole nitrogens is 2. The number of aryl methyl sites for hydroxylation is 2. The molecule has 3 rings (SSSR count). The summed E-state index contributed by atoms with van der Waals surface area (Å²) in [6, 6.07) is 6.24. The van der Waals surface area contributed by atoms with Crippen molar-refractivity contribution < 1.29 is 4.74 Å². The van der Waals surface area contributed by atoms with Gasteiger partial charge < -0.3 is 14.7 Å². The highest BCUT2D eigenvalue weighted by Crippen LogP contribution is 2.25. The molecule has 0 saturated heterocycles. The summed E-state index contributed by atoms with van der Waals surface area (Å²) in [7, 11) is 1.69. The second-order valence-electron chi connectivity index (χ2n) is 6.86. The first-order valence-corrected chi connectivity index (χ1v) is 9.60. The molecule has 0 bridgehead atoms. The summed E-state index contributed by atoms with van der Waals surface area (Å²) in [6.45, 7) is 4.41. The van der Waals surface area contributed by atoms with Gasteiger partial charge in [-0.15, -0.1) is 0 Å². The molecule has 0 spiro atoms. The van der Waals surface area contributed by atoms with Crippen molar-refractivity contribution in [1.29, 1.82) is 0 Å². The summed E-state index contributed by atoms with van der Waals surface area (Å²) in [5.41, 5.74) is 6.49. The lowest BCUT2D eigenvalue weighted by Gasteiger charge is -2.00. The standard InChI is InChI=1S/C22H29N3O/c1-4-5-6-7-8-10-17-13-18(24-16(17)2)14-21-22(26-3)15-20(25-21)19-11-9-12-23-19/h9,11-15,23-24H,4-8,10H2,1-3H3/b21-14-. The molecule has 0 fully saturated rings. The smallest absolute Gasteiger partial charge is 0.146 e. The minimum atomic E-state index is 0.794. The van der Waals surface area contributed by atoms with Crippen LogP contribution in [0.1, 0.15) is 61.7 Å². The lowest BCUT2D eigenvalue weighted by Crippen LogP contribution is -1.93. The molecule has 1 aliphatic heterocycles. The van der Waals surface area contributed by atoms with E-state index in [-0.39, 0.29) is 0 Å². The van der Waals surface area contributed by atoms with Crippen molar-refractivity contribution in [2.75, 3.05) is 7.11 Å². The van der Waals surface area contributed by atoms with Crippen LogP contribution >= 0.6 is 0 Å². The second kappa shape index (κ2) is 8.75. The summed E-state index contributed by atoms with van der Waals surface area (Å²) in [5.74, 6) is 0.794. The number of rotatable bonds is 9. The zero-order chi connectivity index (χ0) is 18.4. The maximum Gasteiger partial charge on any atom is 0.146 e. The molecule has 0 atom stereocenters. The predicted molar refractivity (Wildman–Crippen MR) is 108 cm³/mol. The Bertz CT molecular complexity index is 807. The first-order chi connectivity index (χ1) is 12.7. The normalized spacial score (nSPS) is 15.4. The molecule has 2 aromatic rings. The fraction of sp³-hybridized carbons (Fsp3) is 0.409. The Kier molecular flexibility index (Phi) is 6.16. The van der Waals surface area contributed by atoms with Gasteiger partial charge in [0.1, 0.15) is 11.5 Å². The number of ether oxygens (including phenoxy) is 1. The SMILES string of the molecule is CCCCCCCc1cc(/C=C2\N=C(c3ccc[nH]3)C=C2OC)[nH]c1C. The maximum atomic E-state index is 5.51. The van der Waals surface area contributed by atoms with Crippen LogP contribution in [0.3, 0.4) is 0 Å². The van der Waals surface area contributed by atoms with Crippen molar-refractivity contribution in [2.45, 2.75) is 52.4 Å². The quantitative estimate of drug-likeness (QED) is 0.573. The average Bonchev–Trinajstić information content (AvgIpc) is 3.35. The summed E-state index contributed by atoms with van der Waals surface area (Å²) < 4.78 is 5.51. The summed E-state index contributed by atoms with van der Waals surface area (Å²) >= 11 is 0. The van der Waals surface area contributed by atoms with Crippen LogP contribution in [-0.4, -0.2) is 22.8 Å². The lowest BCUT2D eigenvalue weighted by atomic mass is 10.1. The van der Waals surface area contributed by atoms with E-state index in [2.05, 4.69) is 36.0 Å². The molecule has 4 heteroatoms. The highest BCUT2D eigenvalue weighted by molar-refractivity contribution is 6.11. The molecule has 2 N–H and O–H groups in total. The van der Waals surface area contributed by atoms with Gasteiger partial charge in [0.25, 0.3) is 0 Å². The number of aromatic amines is 2. The second-order valence-corrected chi connectivity index (χ2v) is 6.86. The highest BCUT2D eigenvalue weighted by atomic mass is 16.5. The molecular formula is C22H29N3O. The third kappa shape index (κ3) is 4.37. The van der Waals surface area contributed by atoms with Crippen LogP contribution in [0.5, 0.6) is 0 Å². The molecule has 0 radical (unpaired) electrons. The molecule has 0 saturated carbocycles. The number of allylic oxidation sites excluding steroid dienone is 1. The minimum Gasteiger partial charge on any atom is -0.494 e. The summed E-state index contributed by atoms with van der Waals surface area (Å²) in [6.07, 6.45) is 13.6. The van der Waals surface area contributed by atoms with Gasteiger partial charge in [0.05, 0.1) is 18.5 Å². The molecule has 3 heterocycles.